The molecule has 2 aromatic rings. The van der Waals surface area contributed by atoms with Crippen LogP contribution in [-0.2, 0) is 11.3 Å². The van der Waals surface area contributed by atoms with E-state index in [1.807, 2.05) is 32.9 Å². The van der Waals surface area contributed by atoms with E-state index in [4.69, 9.17) is 4.74 Å². The predicted octanol–water partition coefficient (Wildman–Crippen LogP) is 5.54. The van der Waals surface area contributed by atoms with Gasteiger partial charge in [0.15, 0.2) is 0 Å². The molecule has 0 atom stereocenters. The van der Waals surface area contributed by atoms with Gasteiger partial charge >= 0.3 is 6.09 Å². The molecule has 1 aliphatic rings. The molecular weight excluding hydrogens is 367 g/mol. The molecule has 0 unspecified atom stereocenters. The molecule has 2 aromatic carbocycles. The Morgan fingerprint density at radius 2 is 1.66 bits per heavy atom. The summed E-state index contributed by atoms with van der Waals surface area (Å²) < 4.78 is 19.0. The van der Waals surface area contributed by atoms with Gasteiger partial charge in [-0.3, -0.25) is 0 Å². The molecule has 0 spiro atoms. The Morgan fingerprint density at radius 1 is 1.07 bits per heavy atom. The Bertz CT molecular complexity index is 804. The van der Waals surface area contributed by atoms with E-state index in [9.17, 15) is 9.18 Å². The van der Waals surface area contributed by atoms with Crippen molar-refractivity contribution in [1.82, 2.24) is 4.90 Å². The third-order valence-electron chi connectivity index (χ3n) is 5.19. The lowest BCUT2D eigenvalue weighted by Crippen LogP contribution is -2.48. The number of piperidine rings is 1. The highest BCUT2D eigenvalue weighted by molar-refractivity contribution is 5.68. The van der Waals surface area contributed by atoms with Gasteiger partial charge in [-0.05, 0) is 70.4 Å². The van der Waals surface area contributed by atoms with E-state index in [1.54, 1.807) is 4.90 Å². The number of hydrogen-bond acceptors (Lipinski definition) is 3. The molecule has 1 heterocycles. The maximum atomic E-state index is 13.5. The second-order valence-corrected chi connectivity index (χ2v) is 8.79. The third-order valence-corrected chi connectivity index (χ3v) is 5.19. The average Bonchev–Trinajstić information content (AvgIpc) is 2.67. The number of halogens is 1. The second kappa shape index (κ2) is 8.85. The van der Waals surface area contributed by atoms with E-state index in [-0.39, 0.29) is 18.0 Å². The lowest BCUT2D eigenvalue weighted by molar-refractivity contribution is 0.0204. The van der Waals surface area contributed by atoms with Gasteiger partial charge in [0.25, 0.3) is 0 Å². The van der Waals surface area contributed by atoms with Gasteiger partial charge in [0.2, 0.25) is 0 Å². The van der Waals surface area contributed by atoms with Gasteiger partial charge in [0.05, 0.1) is 0 Å². The van der Waals surface area contributed by atoms with E-state index in [0.29, 0.717) is 13.1 Å². The Balaban J connectivity index is 1.72. The van der Waals surface area contributed by atoms with Crippen molar-refractivity contribution in [3.05, 3.63) is 65.5 Å². The fourth-order valence-corrected chi connectivity index (χ4v) is 3.64. The van der Waals surface area contributed by atoms with Gasteiger partial charge in [0.1, 0.15) is 11.4 Å². The SMILES string of the molecule is Cc1ccc(CN(c2ccc(F)cc2)C2CCN(C(=O)OC(C)(C)C)CC2)cc1. The number of amides is 1. The first kappa shape index (κ1) is 21.2. The maximum absolute atomic E-state index is 13.5. The summed E-state index contributed by atoms with van der Waals surface area (Å²) in [5, 5.41) is 0. The molecule has 1 fully saturated rings. The van der Waals surface area contributed by atoms with Crippen LogP contribution in [0.4, 0.5) is 14.9 Å². The van der Waals surface area contributed by atoms with Crippen molar-refractivity contribution < 1.29 is 13.9 Å². The zero-order valence-corrected chi connectivity index (χ0v) is 17.8. The third kappa shape index (κ3) is 5.96. The smallest absolute Gasteiger partial charge is 0.410 e. The first-order chi connectivity index (χ1) is 13.7. The molecule has 0 aromatic heterocycles. The fraction of sp³-hybridized carbons (Fsp3) is 0.458. The van der Waals surface area contributed by atoms with E-state index in [0.717, 1.165) is 25.1 Å². The van der Waals surface area contributed by atoms with E-state index < -0.39 is 5.60 Å². The highest BCUT2D eigenvalue weighted by atomic mass is 19.1. The van der Waals surface area contributed by atoms with Gasteiger partial charge in [-0.1, -0.05) is 29.8 Å². The number of nitrogens with zero attached hydrogens (tertiary/aromatic N) is 2. The number of carbonyl (C=O) groups is 1. The molecular formula is C24H31FN2O2. The quantitative estimate of drug-likeness (QED) is 0.678. The van der Waals surface area contributed by atoms with E-state index in [1.165, 1.54) is 23.3 Å². The monoisotopic (exact) mass is 398 g/mol. The normalized spacial score (nSPS) is 15.3. The molecule has 1 amide bonds. The van der Waals surface area contributed by atoms with Crippen molar-refractivity contribution in [1.29, 1.82) is 0 Å². The Hall–Kier alpha value is -2.56. The van der Waals surface area contributed by atoms with Crippen LogP contribution in [0.25, 0.3) is 0 Å². The number of aryl methyl sites for hydroxylation is 1. The molecule has 0 bridgehead atoms. The first-order valence-corrected chi connectivity index (χ1v) is 10.3. The fourth-order valence-electron chi connectivity index (χ4n) is 3.64. The van der Waals surface area contributed by atoms with Gasteiger partial charge < -0.3 is 14.5 Å². The number of hydrogen-bond donors (Lipinski definition) is 0. The summed E-state index contributed by atoms with van der Waals surface area (Å²) in [5.74, 6) is -0.233. The summed E-state index contributed by atoms with van der Waals surface area (Å²) in [6.45, 7) is 9.80. The lowest BCUT2D eigenvalue weighted by atomic mass is 10.0. The topological polar surface area (TPSA) is 32.8 Å². The second-order valence-electron chi connectivity index (χ2n) is 8.79. The van der Waals surface area contributed by atoms with Crippen LogP contribution in [-0.4, -0.2) is 35.7 Å². The molecule has 1 saturated heterocycles. The number of likely N-dealkylation sites (tertiary alicyclic amines) is 1. The molecule has 0 radical (unpaired) electrons. The molecule has 3 rings (SSSR count). The van der Waals surface area contributed by atoms with Crippen molar-refractivity contribution in [3.8, 4) is 0 Å². The summed E-state index contributed by atoms with van der Waals surface area (Å²) in [6, 6.07) is 15.5. The maximum Gasteiger partial charge on any atom is 0.410 e. The van der Waals surface area contributed by atoms with Crippen molar-refractivity contribution >= 4 is 11.8 Å². The minimum absolute atomic E-state index is 0.233. The van der Waals surface area contributed by atoms with Crippen LogP contribution in [0.2, 0.25) is 0 Å². The van der Waals surface area contributed by atoms with Gasteiger partial charge in [-0.25, -0.2) is 9.18 Å². The minimum atomic E-state index is -0.487. The van der Waals surface area contributed by atoms with Crippen LogP contribution in [0.15, 0.2) is 48.5 Å². The molecule has 0 saturated carbocycles. The van der Waals surface area contributed by atoms with Gasteiger partial charge in [-0.2, -0.15) is 0 Å². The number of ether oxygens (including phenoxy) is 1. The lowest BCUT2D eigenvalue weighted by Gasteiger charge is -2.40. The highest BCUT2D eigenvalue weighted by Crippen LogP contribution is 2.27. The van der Waals surface area contributed by atoms with Crippen molar-refractivity contribution in [2.24, 2.45) is 0 Å². The van der Waals surface area contributed by atoms with Gasteiger partial charge in [-0.15, -0.1) is 0 Å². The number of benzene rings is 2. The highest BCUT2D eigenvalue weighted by Gasteiger charge is 2.29. The van der Waals surface area contributed by atoms with Crippen LogP contribution >= 0.6 is 0 Å². The van der Waals surface area contributed by atoms with Crippen molar-refractivity contribution in [3.63, 3.8) is 0 Å². The molecule has 156 valence electrons. The molecule has 4 nitrogen and oxygen atoms in total. The van der Waals surface area contributed by atoms with Crippen LogP contribution in [0.3, 0.4) is 0 Å². The molecule has 0 aliphatic carbocycles. The first-order valence-electron chi connectivity index (χ1n) is 10.3. The minimum Gasteiger partial charge on any atom is -0.444 e. The van der Waals surface area contributed by atoms with Crippen LogP contribution in [0.5, 0.6) is 0 Å². The summed E-state index contributed by atoms with van der Waals surface area (Å²) in [6.07, 6.45) is 1.45. The van der Waals surface area contributed by atoms with Crippen LogP contribution in [0, 0.1) is 12.7 Å². The summed E-state index contributed by atoms with van der Waals surface area (Å²) in [4.78, 5) is 16.5. The molecule has 0 N–H and O–H groups in total. The average molecular weight is 399 g/mol. The predicted molar refractivity (Wildman–Crippen MR) is 115 cm³/mol. The summed E-state index contributed by atoms with van der Waals surface area (Å²) in [5.41, 5.74) is 2.96. The summed E-state index contributed by atoms with van der Waals surface area (Å²) >= 11 is 0. The number of carbonyl (C=O) groups excluding carboxylic acids is 1. The van der Waals surface area contributed by atoms with Crippen LogP contribution in [0.1, 0.15) is 44.7 Å². The standard InChI is InChI=1S/C24H31FN2O2/c1-18-5-7-19(8-6-18)17-27(21-11-9-20(25)10-12-21)22-13-15-26(16-14-22)23(28)29-24(2,3)4/h5-12,22H,13-17H2,1-4H3. The largest absolute Gasteiger partial charge is 0.444 e. The zero-order chi connectivity index (χ0) is 21.0. The molecule has 29 heavy (non-hydrogen) atoms. The number of rotatable bonds is 4. The van der Waals surface area contributed by atoms with Crippen molar-refractivity contribution in [2.75, 3.05) is 18.0 Å². The van der Waals surface area contributed by atoms with Crippen molar-refractivity contribution in [2.45, 2.75) is 58.7 Å². The Kier molecular flexibility index (Phi) is 6.46. The molecule has 1 aliphatic heterocycles. The van der Waals surface area contributed by atoms with Gasteiger partial charge in [0, 0.05) is 31.4 Å². The Labute approximate surface area is 173 Å². The Morgan fingerprint density at radius 3 is 2.21 bits per heavy atom. The summed E-state index contributed by atoms with van der Waals surface area (Å²) in [7, 11) is 0. The van der Waals surface area contributed by atoms with E-state index >= 15 is 0 Å². The van der Waals surface area contributed by atoms with Crippen LogP contribution < -0.4 is 4.90 Å². The number of anilines is 1. The van der Waals surface area contributed by atoms with E-state index in [2.05, 4.69) is 36.1 Å². The molecule has 5 heteroatoms. The zero-order valence-electron chi connectivity index (χ0n) is 17.8.